The summed E-state index contributed by atoms with van der Waals surface area (Å²) in [5.74, 6) is 0.523. The van der Waals surface area contributed by atoms with Gasteiger partial charge in [0.2, 0.25) is 10.0 Å². The number of hydrogen-bond acceptors (Lipinski definition) is 5. The van der Waals surface area contributed by atoms with E-state index in [4.69, 9.17) is 4.74 Å². The summed E-state index contributed by atoms with van der Waals surface area (Å²) >= 11 is 0. The molecule has 0 unspecified atom stereocenters. The van der Waals surface area contributed by atoms with E-state index in [-0.39, 0.29) is 6.54 Å². The Morgan fingerprint density at radius 3 is 2.74 bits per heavy atom. The fraction of sp³-hybridized carbons (Fsp3) is 0.375. The maximum Gasteiger partial charge on any atom is 0.243 e. The van der Waals surface area contributed by atoms with Crippen molar-refractivity contribution in [1.29, 1.82) is 0 Å². The highest BCUT2D eigenvalue weighted by atomic mass is 32.2. The Kier molecular flexibility index (Phi) is 4.43. The van der Waals surface area contributed by atoms with Crippen LogP contribution in [-0.2, 0) is 14.8 Å². The van der Waals surface area contributed by atoms with Crippen LogP contribution < -0.4 is 0 Å². The first-order valence-electron chi connectivity index (χ1n) is 7.45. The fourth-order valence-corrected chi connectivity index (χ4v) is 4.26. The molecule has 0 saturated carbocycles. The number of morpholine rings is 1. The number of aryl methyl sites for hydroxylation is 2. The zero-order chi connectivity index (χ0) is 16.4. The topological polar surface area (TPSA) is 72.4 Å². The van der Waals surface area contributed by atoms with Gasteiger partial charge >= 0.3 is 0 Å². The summed E-state index contributed by atoms with van der Waals surface area (Å²) in [4.78, 5) is 8.90. The smallest absolute Gasteiger partial charge is 0.243 e. The second kappa shape index (κ2) is 6.35. The average molecular weight is 333 g/mol. The number of ether oxygens (including phenoxy) is 1. The molecule has 1 atom stereocenters. The minimum atomic E-state index is -3.55. The molecule has 6 nitrogen and oxygen atoms in total. The monoisotopic (exact) mass is 333 g/mol. The molecule has 0 spiro atoms. The highest BCUT2D eigenvalue weighted by Crippen LogP contribution is 2.26. The molecule has 1 saturated heterocycles. The molecule has 0 amide bonds. The minimum Gasteiger partial charge on any atom is -0.367 e. The predicted octanol–water partition coefficient (Wildman–Crippen LogP) is 1.86. The lowest BCUT2D eigenvalue weighted by Gasteiger charge is -2.31. The lowest BCUT2D eigenvalue weighted by Crippen LogP contribution is -2.42. The molecule has 2 heterocycles. The Morgan fingerprint density at radius 2 is 2.00 bits per heavy atom. The van der Waals surface area contributed by atoms with Crippen LogP contribution in [0.4, 0.5) is 0 Å². The highest BCUT2D eigenvalue weighted by Gasteiger charge is 2.33. The SMILES string of the molecule is Cc1ccnc([C@@H]2CN(S(=O)(=O)c3ccccc3C)CCO2)n1. The van der Waals surface area contributed by atoms with Crippen molar-refractivity contribution in [3.8, 4) is 0 Å². The summed E-state index contributed by atoms with van der Waals surface area (Å²) in [7, 11) is -3.55. The maximum atomic E-state index is 12.9. The van der Waals surface area contributed by atoms with E-state index in [1.165, 1.54) is 4.31 Å². The largest absolute Gasteiger partial charge is 0.367 e. The van der Waals surface area contributed by atoms with E-state index in [0.717, 1.165) is 11.3 Å². The van der Waals surface area contributed by atoms with Gasteiger partial charge in [-0.2, -0.15) is 4.31 Å². The van der Waals surface area contributed by atoms with Gasteiger partial charge in [0.15, 0.2) is 5.82 Å². The van der Waals surface area contributed by atoms with E-state index in [1.807, 2.05) is 13.0 Å². The molecule has 122 valence electrons. The molecule has 0 N–H and O–H groups in total. The van der Waals surface area contributed by atoms with Crippen molar-refractivity contribution in [3.05, 3.63) is 53.6 Å². The van der Waals surface area contributed by atoms with Crippen molar-refractivity contribution in [2.45, 2.75) is 24.8 Å². The van der Waals surface area contributed by atoms with Crippen LogP contribution >= 0.6 is 0 Å². The first-order chi connectivity index (χ1) is 11.0. The summed E-state index contributed by atoms with van der Waals surface area (Å²) < 4.78 is 32.9. The van der Waals surface area contributed by atoms with Crippen LogP contribution in [0.25, 0.3) is 0 Å². The van der Waals surface area contributed by atoms with Crippen molar-refractivity contribution < 1.29 is 13.2 Å². The summed E-state index contributed by atoms with van der Waals surface area (Å²) in [6.45, 7) is 4.55. The van der Waals surface area contributed by atoms with Crippen LogP contribution in [0.15, 0.2) is 41.4 Å². The molecule has 1 fully saturated rings. The summed E-state index contributed by atoms with van der Waals surface area (Å²) in [5.41, 5.74) is 1.57. The fourth-order valence-electron chi connectivity index (χ4n) is 2.61. The first-order valence-corrected chi connectivity index (χ1v) is 8.89. The van der Waals surface area contributed by atoms with Crippen molar-refractivity contribution in [1.82, 2.24) is 14.3 Å². The van der Waals surface area contributed by atoms with Gasteiger partial charge in [-0.3, -0.25) is 0 Å². The average Bonchev–Trinajstić information content (AvgIpc) is 2.55. The zero-order valence-electron chi connectivity index (χ0n) is 13.1. The second-order valence-corrected chi connectivity index (χ2v) is 7.45. The summed E-state index contributed by atoms with van der Waals surface area (Å²) in [5, 5.41) is 0. The van der Waals surface area contributed by atoms with E-state index in [9.17, 15) is 8.42 Å². The number of aromatic nitrogens is 2. The molecular formula is C16H19N3O3S. The number of sulfonamides is 1. The zero-order valence-corrected chi connectivity index (χ0v) is 14.0. The Hall–Kier alpha value is -1.83. The standard InChI is InChI=1S/C16H19N3O3S/c1-12-5-3-4-6-15(12)23(20,21)19-9-10-22-14(11-19)16-17-8-7-13(2)18-16/h3-8,14H,9-11H2,1-2H3/t14-/m0/s1. The molecule has 23 heavy (non-hydrogen) atoms. The van der Waals surface area contributed by atoms with E-state index < -0.39 is 16.1 Å². The van der Waals surface area contributed by atoms with Gasteiger partial charge in [-0.15, -0.1) is 0 Å². The lowest BCUT2D eigenvalue weighted by molar-refractivity contribution is -0.00762. The molecule has 0 radical (unpaired) electrons. The number of rotatable bonds is 3. The molecule has 1 aromatic heterocycles. The minimum absolute atomic E-state index is 0.222. The molecule has 3 rings (SSSR count). The third-order valence-corrected chi connectivity index (χ3v) is 5.87. The quantitative estimate of drug-likeness (QED) is 0.857. The van der Waals surface area contributed by atoms with Crippen LogP contribution in [0.3, 0.4) is 0 Å². The number of nitrogens with zero attached hydrogens (tertiary/aromatic N) is 3. The van der Waals surface area contributed by atoms with Gasteiger partial charge in [0, 0.05) is 25.0 Å². The predicted molar refractivity (Wildman–Crippen MR) is 85.4 cm³/mol. The lowest BCUT2D eigenvalue weighted by atomic mass is 10.2. The van der Waals surface area contributed by atoms with E-state index in [0.29, 0.717) is 23.9 Å². The molecule has 1 aliphatic rings. The number of hydrogen-bond donors (Lipinski definition) is 0. The van der Waals surface area contributed by atoms with Crippen LogP contribution in [0, 0.1) is 13.8 Å². The molecule has 7 heteroatoms. The summed E-state index contributed by atoms with van der Waals surface area (Å²) in [6, 6.07) is 8.81. The highest BCUT2D eigenvalue weighted by molar-refractivity contribution is 7.89. The van der Waals surface area contributed by atoms with Gasteiger partial charge in [-0.05, 0) is 31.5 Å². The Bertz CT molecular complexity index is 808. The molecule has 1 aliphatic heterocycles. The molecular weight excluding hydrogens is 314 g/mol. The summed E-state index contributed by atoms with van der Waals surface area (Å²) in [6.07, 6.45) is 1.22. The van der Waals surface area contributed by atoms with Gasteiger partial charge in [-0.25, -0.2) is 18.4 Å². The molecule has 1 aromatic carbocycles. The van der Waals surface area contributed by atoms with E-state index >= 15 is 0 Å². The second-order valence-electron chi connectivity index (χ2n) is 5.54. The maximum absolute atomic E-state index is 12.9. The molecule has 0 aliphatic carbocycles. The molecule has 2 aromatic rings. The van der Waals surface area contributed by atoms with Crippen molar-refractivity contribution in [3.63, 3.8) is 0 Å². The van der Waals surface area contributed by atoms with Crippen LogP contribution in [-0.4, -0.2) is 42.4 Å². The first kappa shape index (κ1) is 16.0. The van der Waals surface area contributed by atoms with Crippen molar-refractivity contribution >= 4 is 10.0 Å². The van der Waals surface area contributed by atoms with Crippen molar-refractivity contribution in [2.24, 2.45) is 0 Å². The normalized spacial score (nSPS) is 19.7. The Morgan fingerprint density at radius 1 is 1.22 bits per heavy atom. The van der Waals surface area contributed by atoms with Gasteiger partial charge in [0.1, 0.15) is 6.10 Å². The van der Waals surface area contributed by atoms with Gasteiger partial charge < -0.3 is 4.74 Å². The Labute approximate surface area is 136 Å². The number of benzene rings is 1. The van der Waals surface area contributed by atoms with Gasteiger partial charge in [0.05, 0.1) is 11.5 Å². The van der Waals surface area contributed by atoms with E-state index in [1.54, 1.807) is 37.4 Å². The van der Waals surface area contributed by atoms with Crippen molar-refractivity contribution in [2.75, 3.05) is 19.7 Å². The van der Waals surface area contributed by atoms with E-state index in [2.05, 4.69) is 9.97 Å². The Balaban J connectivity index is 1.88. The molecule has 0 bridgehead atoms. The third-order valence-electron chi connectivity index (χ3n) is 3.84. The van der Waals surface area contributed by atoms with Gasteiger partial charge in [-0.1, -0.05) is 18.2 Å². The van der Waals surface area contributed by atoms with Gasteiger partial charge in [0.25, 0.3) is 0 Å². The van der Waals surface area contributed by atoms with Crippen LogP contribution in [0.5, 0.6) is 0 Å². The van der Waals surface area contributed by atoms with Crippen LogP contribution in [0.1, 0.15) is 23.2 Å². The third kappa shape index (κ3) is 3.26. The van der Waals surface area contributed by atoms with Crippen LogP contribution in [0.2, 0.25) is 0 Å².